The van der Waals surface area contributed by atoms with Crippen molar-refractivity contribution in [1.82, 2.24) is 5.32 Å². The Morgan fingerprint density at radius 2 is 2.15 bits per heavy atom. The first kappa shape index (κ1) is 15.0. The van der Waals surface area contributed by atoms with E-state index in [0.29, 0.717) is 6.42 Å². The van der Waals surface area contributed by atoms with Crippen molar-refractivity contribution >= 4 is 5.91 Å². The summed E-state index contributed by atoms with van der Waals surface area (Å²) in [5.74, 6) is -0.0392. The van der Waals surface area contributed by atoms with Crippen molar-refractivity contribution in [3.63, 3.8) is 0 Å². The largest absolute Gasteiger partial charge is 0.381 e. The maximum atomic E-state index is 12.0. The van der Waals surface area contributed by atoms with Gasteiger partial charge in [0, 0.05) is 13.2 Å². The average molecular weight is 276 g/mol. The van der Waals surface area contributed by atoms with E-state index >= 15 is 0 Å². The van der Waals surface area contributed by atoms with Crippen molar-refractivity contribution in [3.8, 4) is 0 Å². The molecule has 4 nitrogen and oxygen atoms in total. The highest BCUT2D eigenvalue weighted by Gasteiger charge is 2.26. The van der Waals surface area contributed by atoms with E-state index in [1.54, 1.807) is 7.11 Å². The number of amides is 1. The molecule has 0 bridgehead atoms. The summed E-state index contributed by atoms with van der Waals surface area (Å²) in [6.45, 7) is 0. The number of rotatable bonds is 6. The van der Waals surface area contributed by atoms with Crippen molar-refractivity contribution in [2.24, 2.45) is 5.73 Å². The molecule has 0 heterocycles. The molecular weight excluding hydrogens is 252 g/mol. The minimum Gasteiger partial charge on any atom is -0.381 e. The summed E-state index contributed by atoms with van der Waals surface area (Å²) in [6, 6.07) is 9.90. The molecule has 1 amide bonds. The second-order valence-electron chi connectivity index (χ2n) is 5.51. The van der Waals surface area contributed by atoms with Gasteiger partial charge in [0.1, 0.15) is 0 Å². The molecule has 3 N–H and O–H groups in total. The Bertz CT molecular complexity index is 422. The van der Waals surface area contributed by atoms with E-state index < -0.39 is 6.04 Å². The van der Waals surface area contributed by atoms with Gasteiger partial charge in [-0.25, -0.2) is 0 Å². The summed E-state index contributed by atoms with van der Waals surface area (Å²) >= 11 is 0. The zero-order valence-electron chi connectivity index (χ0n) is 12.0. The lowest BCUT2D eigenvalue weighted by molar-refractivity contribution is -0.123. The van der Waals surface area contributed by atoms with Crippen LogP contribution in [0.3, 0.4) is 0 Å². The smallest absolute Gasteiger partial charge is 0.237 e. The highest BCUT2D eigenvalue weighted by atomic mass is 16.5. The molecule has 1 aliphatic carbocycles. The van der Waals surface area contributed by atoms with E-state index in [2.05, 4.69) is 17.4 Å². The normalized spacial score (nSPS) is 23.5. The van der Waals surface area contributed by atoms with Gasteiger partial charge < -0.3 is 15.8 Å². The predicted molar refractivity (Wildman–Crippen MR) is 79.3 cm³/mol. The third kappa shape index (κ3) is 4.32. The summed E-state index contributed by atoms with van der Waals surface area (Å²) in [5, 5.41) is 3.04. The van der Waals surface area contributed by atoms with Gasteiger partial charge in [-0.1, -0.05) is 30.3 Å². The molecule has 0 aromatic heterocycles. The van der Waals surface area contributed by atoms with Crippen molar-refractivity contribution in [1.29, 1.82) is 0 Å². The molecule has 0 spiro atoms. The van der Waals surface area contributed by atoms with Gasteiger partial charge in [-0.2, -0.15) is 0 Å². The van der Waals surface area contributed by atoms with Crippen LogP contribution >= 0.6 is 0 Å². The van der Waals surface area contributed by atoms with E-state index in [4.69, 9.17) is 10.5 Å². The number of benzene rings is 1. The average Bonchev–Trinajstić information content (AvgIpc) is 2.93. The number of aryl methyl sites for hydroxylation is 1. The summed E-state index contributed by atoms with van der Waals surface area (Å²) < 4.78 is 5.31. The van der Waals surface area contributed by atoms with Gasteiger partial charge in [-0.05, 0) is 37.7 Å². The standard InChI is InChI=1S/C16H24N2O2/c1-20-14-9-8-13(11-14)18-16(19)15(17)10-7-12-5-3-2-4-6-12/h2-6,13-15H,7-11,17H2,1H3,(H,18,19)/t13?,14?,15-/m0/s1. The van der Waals surface area contributed by atoms with Gasteiger partial charge in [0.15, 0.2) is 0 Å². The van der Waals surface area contributed by atoms with Crippen LogP contribution in [0.15, 0.2) is 30.3 Å². The van der Waals surface area contributed by atoms with Gasteiger partial charge in [0.25, 0.3) is 0 Å². The molecule has 1 aromatic carbocycles. The van der Waals surface area contributed by atoms with Crippen LogP contribution < -0.4 is 11.1 Å². The van der Waals surface area contributed by atoms with Crippen LogP contribution in [0.25, 0.3) is 0 Å². The third-order valence-electron chi connectivity index (χ3n) is 3.99. The molecule has 1 aromatic rings. The van der Waals surface area contributed by atoms with E-state index in [-0.39, 0.29) is 18.1 Å². The molecule has 1 fully saturated rings. The molecule has 0 saturated heterocycles. The van der Waals surface area contributed by atoms with E-state index in [1.165, 1.54) is 5.56 Å². The molecule has 3 atom stereocenters. The van der Waals surface area contributed by atoms with Gasteiger partial charge in [0.2, 0.25) is 5.91 Å². The van der Waals surface area contributed by atoms with Crippen LogP contribution in [-0.2, 0) is 16.0 Å². The lowest BCUT2D eigenvalue weighted by atomic mass is 10.0. The van der Waals surface area contributed by atoms with E-state index in [9.17, 15) is 4.79 Å². The Balaban J connectivity index is 1.72. The molecule has 1 saturated carbocycles. The first-order valence-corrected chi connectivity index (χ1v) is 7.31. The summed E-state index contributed by atoms with van der Waals surface area (Å²) in [6.07, 6.45) is 4.68. The fraction of sp³-hybridized carbons (Fsp3) is 0.562. The maximum absolute atomic E-state index is 12.0. The molecular formula is C16H24N2O2. The lowest BCUT2D eigenvalue weighted by Gasteiger charge is -2.17. The first-order chi connectivity index (χ1) is 9.69. The maximum Gasteiger partial charge on any atom is 0.237 e. The zero-order chi connectivity index (χ0) is 14.4. The third-order valence-corrected chi connectivity index (χ3v) is 3.99. The SMILES string of the molecule is COC1CCC(NC(=O)[C@@H](N)CCc2ccccc2)C1. The molecule has 4 heteroatoms. The Hall–Kier alpha value is -1.39. The molecule has 2 rings (SSSR count). The topological polar surface area (TPSA) is 64.3 Å². The van der Waals surface area contributed by atoms with Crippen molar-refractivity contribution < 1.29 is 9.53 Å². The number of carbonyl (C=O) groups excluding carboxylic acids is 1. The summed E-state index contributed by atoms with van der Waals surface area (Å²) in [5.41, 5.74) is 7.19. The number of methoxy groups -OCH3 is 1. The van der Waals surface area contributed by atoms with E-state index in [1.807, 2.05) is 18.2 Å². The zero-order valence-corrected chi connectivity index (χ0v) is 12.0. The Kier molecular flexibility index (Phi) is 5.56. The Morgan fingerprint density at radius 3 is 2.80 bits per heavy atom. The number of hydrogen-bond donors (Lipinski definition) is 2. The Labute approximate surface area is 120 Å². The monoisotopic (exact) mass is 276 g/mol. The minimum absolute atomic E-state index is 0.0392. The lowest BCUT2D eigenvalue weighted by Crippen LogP contribution is -2.45. The number of nitrogens with one attached hydrogen (secondary N) is 1. The van der Waals surface area contributed by atoms with Crippen LogP contribution in [0, 0.1) is 0 Å². The van der Waals surface area contributed by atoms with Crippen LogP contribution in [0.5, 0.6) is 0 Å². The van der Waals surface area contributed by atoms with Crippen LogP contribution in [-0.4, -0.2) is 31.2 Å². The number of hydrogen-bond acceptors (Lipinski definition) is 3. The van der Waals surface area contributed by atoms with Crippen molar-refractivity contribution in [3.05, 3.63) is 35.9 Å². The molecule has 110 valence electrons. The van der Waals surface area contributed by atoms with Gasteiger partial charge in [-0.15, -0.1) is 0 Å². The highest BCUT2D eigenvalue weighted by molar-refractivity contribution is 5.81. The summed E-state index contributed by atoms with van der Waals surface area (Å²) in [7, 11) is 1.72. The Morgan fingerprint density at radius 1 is 1.40 bits per heavy atom. The molecule has 2 unspecified atom stereocenters. The molecule has 1 aliphatic rings. The second-order valence-corrected chi connectivity index (χ2v) is 5.51. The number of ether oxygens (including phenoxy) is 1. The minimum atomic E-state index is -0.434. The first-order valence-electron chi connectivity index (χ1n) is 7.31. The van der Waals surface area contributed by atoms with Crippen molar-refractivity contribution in [2.75, 3.05) is 7.11 Å². The second kappa shape index (κ2) is 7.41. The van der Waals surface area contributed by atoms with Crippen molar-refractivity contribution in [2.45, 2.75) is 50.3 Å². The van der Waals surface area contributed by atoms with E-state index in [0.717, 1.165) is 25.7 Å². The van der Waals surface area contributed by atoms with Crippen LogP contribution in [0.2, 0.25) is 0 Å². The summed E-state index contributed by atoms with van der Waals surface area (Å²) in [4.78, 5) is 12.0. The highest BCUT2D eigenvalue weighted by Crippen LogP contribution is 2.21. The quantitative estimate of drug-likeness (QED) is 0.830. The fourth-order valence-electron chi connectivity index (χ4n) is 2.69. The fourth-order valence-corrected chi connectivity index (χ4v) is 2.69. The van der Waals surface area contributed by atoms with Crippen LogP contribution in [0.4, 0.5) is 0 Å². The van der Waals surface area contributed by atoms with Crippen LogP contribution in [0.1, 0.15) is 31.2 Å². The number of nitrogens with two attached hydrogens (primary N) is 1. The molecule has 20 heavy (non-hydrogen) atoms. The molecule has 0 aliphatic heterocycles. The predicted octanol–water partition coefficient (Wildman–Crippen LogP) is 1.63. The number of carbonyl (C=O) groups is 1. The van der Waals surface area contributed by atoms with Gasteiger partial charge in [-0.3, -0.25) is 4.79 Å². The molecule has 0 radical (unpaired) electrons. The van der Waals surface area contributed by atoms with Gasteiger partial charge >= 0.3 is 0 Å². The van der Waals surface area contributed by atoms with Gasteiger partial charge in [0.05, 0.1) is 12.1 Å².